The molecule has 4 rings (SSSR count). The molecule has 1 atom stereocenters. The van der Waals surface area contributed by atoms with Crippen molar-refractivity contribution in [3.8, 4) is 11.4 Å². The second-order valence-electron chi connectivity index (χ2n) is 7.30. The summed E-state index contributed by atoms with van der Waals surface area (Å²) in [5.74, 6) is 0.212. The van der Waals surface area contributed by atoms with Crippen LogP contribution in [-0.4, -0.2) is 26.4 Å². The largest absolute Gasteiger partial charge is 0.494 e. The summed E-state index contributed by atoms with van der Waals surface area (Å²) in [5.41, 5.74) is 2.78. The van der Waals surface area contributed by atoms with Gasteiger partial charge in [-0.25, -0.2) is 14.1 Å². The third-order valence-corrected chi connectivity index (χ3v) is 5.24. The van der Waals surface area contributed by atoms with Crippen LogP contribution in [0.15, 0.2) is 65.8 Å². The molecular weight excluding hydrogens is 433 g/mol. The van der Waals surface area contributed by atoms with Gasteiger partial charge in [0.05, 0.1) is 30.9 Å². The quantitative estimate of drug-likeness (QED) is 0.450. The van der Waals surface area contributed by atoms with E-state index in [-0.39, 0.29) is 22.2 Å². The fraction of sp³-hybridized carbons (Fsp3) is 0.174. The number of methoxy groups -OCH3 is 1. The lowest BCUT2D eigenvalue weighted by molar-refractivity contribution is 0.413. The van der Waals surface area contributed by atoms with Crippen LogP contribution in [0.3, 0.4) is 0 Å². The molecule has 0 fully saturated rings. The molecule has 2 aromatic heterocycles. The van der Waals surface area contributed by atoms with E-state index in [1.54, 1.807) is 38.6 Å². The maximum atomic E-state index is 13.7. The van der Waals surface area contributed by atoms with Gasteiger partial charge in [0, 0.05) is 24.0 Å². The first kappa shape index (κ1) is 21.6. The number of anilines is 2. The second-order valence-corrected chi connectivity index (χ2v) is 7.68. The number of nitrogens with one attached hydrogen (secondary N) is 1. The van der Waals surface area contributed by atoms with E-state index in [9.17, 15) is 9.18 Å². The van der Waals surface area contributed by atoms with Crippen molar-refractivity contribution in [2.75, 3.05) is 12.4 Å². The Bertz CT molecular complexity index is 1330. The Labute approximate surface area is 189 Å². The van der Waals surface area contributed by atoms with E-state index in [0.29, 0.717) is 17.0 Å². The van der Waals surface area contributed by atoms with E-state index in [2.05, 4.69) is 15.4 Å². The predicted octanol–water partition coefficient (Wildman–Crippen LogP) is 4.89. The number of aryl methyl sites for hydroxylation is 1. The van der Waals surface area contributed by atoms with Crippen LogP contribution in [-0.2, 0) is 0 Å². The molecule has 0 spiro atoms. The van der Waals surface area contributed by atoms with Crippen LogP contribution in [0, 0.1) is 12.7 Å². The topological polar surface area (TPSA) is 74.0 Å². The van der Waals surface area contributed by atoms with Crippen molar-refractivity contribution in [2.45, 2.75) is 19.9 Å². The van der Waals surface area contributed by atoms with Crippen LogP contribution in [0.25, 0.3) is 5.69 Å². The van der Waals surface area contributed by atoms with Crippen molar-refractivity contribution in [3.63, 3.8) is 0 Å². The summed E-state index contributed by atoms with van der Waals surface area (Å²) >= 11 is 6.20. The van der Waals surface area contributed by atoms with E-state index in [4.69, 9.17) is 16.3 Å². The van der Waals surface area contributed by atoms with Crippen molar-refractivity contribution >= 4 is 23.0 Å². The Morgan fingerprint density at radius 2 is 2.00 bits per heavy atom. The van der Waals surface area contributed by atoms with Gasteiger partial charge in [0.1, 0.15) is 17.3 Å². The summed E-state index contributed by atoms with van der Waals surface area (Å²) in [6.07, 6.45) is 3.59. The average molecular weight is 454 g/mol. The number of nitrogens with zero attached hydrogens (tertiary/aromatic N) is 4. The molecule has 2 heterocycles. The molecule has 0 radical (unpaired) electrons. The van der Waals surface area contributed by atoms with Gasteiger partial charge in [-0.3, -0.25) is 4.79 Å². The van der Waals surface area contributed by atoms with E-state index < -0.39 is 6.04 Å². The SMILES string of the molecule is COc1cc(Nc2cc(Cl)nn([C@@H](C)c3cccc(F)c3)c2=O)ccc1-n1cnc(C)c1. The minimum Gasteiger partial charge on any atom is -0.494 e. The molecule has 4 aromatic rings. The molecule has 32 heavy (non-hydrogen) atoms. The number of halogens is 2. The second kappa shape index (κ2) is 8.84. The standard InChI is InChI=1S/C23H21ClFN5O2/c1-14-12-29(13-26-14)20-8-7-18(10-21(20)32-3)27-19-11-22(24)28-30(23(19)31)15(2)16-5-4-6-17(25)9-16/h4-13,15,27H,1-3H3/t15-/m0/s1. The molecule has 2 aromatic carbocycles. The molecule has 0 aliphatic carbocycles. The number of hydrogen-bond donors (Lipinski definition) is 1. The van der Waals surface area contributed by atoms with E-state index in [0.717, 1.165) is 11.4 Å². The van der Waals surface area contributed by atoms with Crippen LogP contribution >= 0.6 is 11.6 Å². The van der Waals surface area contributed by atoms with Gasteiger partial charge in [0.15, 0.2) is 5.15 Å². The molecule has 0 amide bonds. The molecule has 1 N–H and O–H groups in total. The lowest BCUT2D eigenvalue weighted by Crippen LogP contribution is -2.28. The highest BCUT2D eigenvalue weighted by Gasteiger charge is 2.16. The number of aromatic nitrogens is 4. The predicted molar refractivity (Wildman–Crippen MR) is 122 cm³/mol. The van der Waals surface area contributed by atoms with Crippen molar-refractivity contribution in [1.82, 2.24) is 19.3 Å². The molecule has 164 valence electrons. The van der Waals surface area contributed by atoms with Crippen LogP contribution < -0.4 is 15.6 Å². The minimum absolute atomic E-state index is 0.132. The zero-order chi connectivity index (χ0) is 22.8. The Kier molecular flexibility index (Phi) is 5.96. The molecule has 0 saturated heterocycles. The Morgan fingerprint density at radius 3 is 2.69 bits per heavy atom. The van der Waals surface area contributed by atoms with Gasteiger partial charge in [0.25, 0.3) is 5.56 Å². The summed E-state index contributed by atoms with van der Waals surface area (Å²) < 4.78 is 22.3. The maximum absolute atomic E-state index is 13.7. The Balaban J connectivity index is 1.68. The van der Waals surface area contributed by atoms with Gasteiger partial charge in [0.2, 0.25) is 0 Å². The van der Waals surface area contributed by atoms with Crippen molar-refractivity contribution in [3.05, 3.63) is 93.6 Å². The third kappa shape index (κ3) is 4.36. The number of hydrogen-bond acceptors (Lipinski definition) is 5. The average Bonchev–Trinajstić information content (AvgIpc) is 3.21. The fourth-order valence-electron chi connectivity index (χ4n) is 3.42. The number of benzene rings is 2. The lowest BCUT2D eigenvalue weighted by Gasteiger charge is -2.17. The summed E-state index contributed by atoms with van der Waals surface area (Å²) in [7, 11) is 1.57. The van der Waals surface area contributed by atoms with E-state index >= 15 is 0 Å². The lowest BCUT2D eigenvalue weighted by atomic mass is 10.1. The number of rotatable bonds is 6. The summed E-state index contributed by atoms with van der Waals surface area (Å²) in [6.45, 7) is 3.66. The molecule has 7 nitrogen and oxygen atoms in total. The third-order valence-electron chi connectivity index (χ3n) is 5.05. The number of ether oxygens (including phenoxy) is 1. The molecule has 0 aliphatic rings. The van der Waals surface area contributed by atoms with Gasteiger partial charge >= 0.3 is 0 Å². The van der Waals surface area contributed by atoms with Gasteiger partial charge in [-0.2, -0.15) is 5.10 Å². The van der Waals surface area contributed by atoms with Crippen molar-refractivity contribution < 1.29 is 9.13 Å². The van der Waals surface area contributed by atoms with Gasteiger partial charge in [-0.05, 0) is 43.7 Å². The molecule has 9 heteroatoms. The van der Waals surface area contributed by atoms with Crippen molar-refractivity contribution in [1.29, 1.82) is 0 Å². The maximum Gasteiger partial charge on any atom is 0.291 e. The number of imidazole rings is 1. The van der Waals surface area contributed by atoms with Gasteiger partial charge in [-0.15, -0.1) is 0 Å². The summed E-state index contributed by atoms with van der Waals surface area (Å²) in [6, 6.07) is 12.4. The monoisotopic (exact) mass is 453 g/mol. The zero-order valence-electron chi connectivity index (χ0n) is 17.7. The van der Waals surface area contributed by atoms with Crippen molar-refractivity contribution in [2.24, 2.45) is 0 Å². The highest BCUT2D eigenvalue weighted by atomic mass is 35.5. The molecule has 0 unspecified atom stereocenters. The normalized spacial score (nSPS) is 11.9. The molecule has 0 aliphatic heterocycles. The zero-order valence-corrected chi connectivity index (χ0v) is 18.5. The minimum atomic E-state index is -0.515. The Morgan fingerprint density at radius 1 is 1.19 bits per heavy atom. The van der Waals surface area contributed by atoms with Crippen LogP contribution in [0.1, 0.15) is 24.2 Å². The highest BCUT2D eigenvalue weighted by Crippen LogP contribution is 2.28. The first-order valence-corrected chi connectivity index (χ1v) is 10.2. The fourth-order valence-corrected chi connectivity index (χ4v) is 3.61. The first-order valence-electron chi connectivity index (χ1n) is 9.86. The van der Waals surface area contributed by atoms with Crippen LogP contribution in [0.4, 0.5) is 15.8 Å². The highest BCUT2D eigenvalue weighted by molar-refractivity contribution is 6.29. The Hall–Kier alpha value is -3.65. The van der Waals surface area contributed by atoms with Crippen LogP contribution in [0.2, 0.25) is 5.15 Å². The molecular formula is C23H21ClFN5O2. The molecule has 0 saturated carbocycles. The smallest absolute Gasteiger partial charge is 0.291 e. The van der Waals surface area contributed by atoms with E-state index in [1.807, 2.05) is 29.8 Å². The van der Waals surface area contributed by atoms with E-state index in [1.165, 1.54) is 22.9 Å². The van der Waals surface area contributed by atoms with Crippen LogP contribution in [0.5, 0.6) is 5.75 Å². The summed E-state index contributed by atoms with van der Waals surface area (Å²) in [5, 5.41) is 7.37. The van der Waals surface area contributed by atoms with Gasteiger partial charge in [-0.1, -0.05) is 23.7 Å². The molecule has 0 bridgehead atoms. The summed E-state index contributed by atoms with van der Waals surface area (Å²) in [4.78, 5) is 17.4. The van der Waals surface area contributed by atoms with Gasteiger partial charge < -0.3 is 14.6 Å². The first-order chi connectivity index (χ1) is 15.4.